The van der Waals surface area contributed by atoms with Gasteiger partial charge in [0.1, 0.15) is 11.3 Å². The third-order valence-corrected chi connectivity index (χ3v) is 3.49. The molecule has 0 aliphatic heterocycles. The van der Waals surface area contributed by atoms with E-state index in [1.54, 1.807) is 48.5 Å². The van der Waals surface area contributed by atoms with Crippen molar-refractivity contribution in [3.8, 4) is 5.75 Å². The fraction of sp³-hybridized carbons (Fsp3) is 0.118. The Morgan fingerprint density at radius 2 is 1.95 bits per heavy atom. The molecule has 3 rings (SSSR count). The van der Waals surface area contributed by atoms with Gasteiger partial charge < -0.3 is 9.15 Å². The van der Waals surface area contributed by atoms with Crippen LogP contribution in [0.25, 0.3) is 11.0 Å². The summed E-state index contributed by atoms with van der Waals surface area (Å²) in [4.78, 5) is 12.4. The number of halogens is 1. The highest BCUT2D eigenvalue weighted by molar-refractivity contribution is 6.35. The van der Waals surface area contributed by atoms with Crippen molar-refractivity contribution >= 4 is 28.4 Å². The van der Waals surface area contributed by atoms with Gasteiger partial charge in [-0.3, -0.25) is 4.79 Å². The number of furan rings is 1. The Morgan fingerprint density at radius 1 is 1.19 bits per heavy atom. The molecule has 1 aromatic heterocycles. The van der Waals surface area contributed by atoms with Crippen LogP contribution < -0.4 is 4.74 Å². The molecule has 0 aliphatic carbocycles. The molecule has 0 aliphatic rings. The maximum Gasteiger partial charge on any atom is 0.228 e. The number of carbonyl (C=O) groups excluding carboxylic acids is 1. The topological polar surface area (TPSA) is 39.4 Å². The van der Waals surface area contributed by atoms with Gasteiger partial charge in [-0.1, -0.05) is 17.7 Å². The molecule has 0 saturated heterocycles. The maximum absolute atomic E-state index is 12.4. The molecule has 21 heavy (non-hydrogen) atoms. The summed E-state index contributed by atoms with van der Waals surface area (Å²) in [5, 5.41) is 1.32. The zero-order valence-corrected chi connectivity index (χ0v) is 12.2. The molecule has 106 valence electrons. The van der Waals surface area contributed by atoms with E-state index in [0.29, 0.717) is 22.8 Å². The fourth-order valence-corrected chi connectivity index (χ4v) is 2.37. The molecule has 0 unspecified atom stereocenters. The predicted molar refractivity (Wildman–Crippen MR) is 82.3 cm³/mol. The van der Waals surface area contributed by atoms with E-state index in [0.717, 1.165) is 11.1 Å². The molecule has 0 radical (unpaired) electrons. The number of rotatable bonds is 4. The minimum Gasteiger partial charge on any atom is -0.494 e. The number of benzene rings is 2. The van der Waals surface area contributed by atoms with Gasteiger partial charge in [0.05, 0.1) is 11.6 Å². The van der Waals surface area contributed by atoms with Crippen molar-refractivity contribution in [2.75, 3.05) is 6.61 Å². The van der Waals surface area contributed by atoms with E-state index in [1.807, 2.05) is 6.92 Å². The normalized spacial score (nSPS) is 10.8. The lowest BCUT2D eigenvalue weighted by molar-refractivity contribution is 0.101. The number of hydrogen-bond acceptors (Lipinski definition) is 3. The second-order valence-electron chi connectivity index (χ2n) is 4.55. The van der Waals surface area contributed by atoms with E-state index in [-0.39, 0.29) is 11.5 Å². The molecular weight excluding hydrogens is 288 g/mol. The number of hydrogen-bond donors (Lipinski definition) is 0. The second kappa shape index (κ2) is 5.62. The number of carbonyl (C=O) groups is 1. The van der Waals surface area contributed by atoms with Crippen LogP contribution in [-0.2, 0) is 0 Å². The van der Waals surface area contributed by atoms with E-state index < -0.39 is 0 Å². The van der Waals surface area contributed by atoms with Crippen molar-refractivity contribution in [1.29, 1.82) is 0 Å². The Hall–Kier alpha value is -2.26. The summed E-state index contributed by atoms with van der Waals surface area (Å²) < 4.78 is 10.9. The SMILES string of the molecule is CCOc1ccc(C(=O)c2cc3c(Cl)cccc3o2)cc1. The zero-order valence-electron chi connectivity index (χ0n) is 11.4. The van der Waals surface area contributed by atoms with Crippen LogP contribution in [0.4, 0.5) is 0 Å². The molecule has 3 aromatic rings. The van der Waals surface area contributed by atoms with Gasteiger partial charge in [-0.2, -0.15) is 0 Å². The van der Waals surface area contributed by atoms with Gasteiger partial charge in [0.2, 0.25) is 5.78 Å². The molecule has 2 aromatic carbocycles. The van der Waals surface area contributed by atoms with Crippen LogP contribution in [0.5, 0.6) is 5.75 Å². The minimum atomic E-state index is -0.176. The third kappa shape index (κ3) is 2.65. The molecule has 0 atom stereocenters. The van der Waals surface area contributed by atoms with Crippen molar-refractivity contribution in [1.82, 2.24) is 0 Å². The molecule has 0 saturated carbocycles. The lowest BCUT2D eigenvalue weighted by Gasteiger charge is -2.03. The van der Waals surface area contributed by atoms with Crippen molar-refractivity contribution in [3.63, 3.8) is 0 Å². The molecular formula is C17H13ClO3. The highest BCUT2D eigenvalue weighted by atomic mass is 35.5. The van der Waals surface area contributed by atoms with E-state index in [1.165, 1.54) is 0 Å². The summed E-state index contributed by atoms with van der Waals surface area (Å²) in [6.07, 6.45) is 0. The lowest BCUT2D eigenvalue weighted by Crippen LogP contribution is -1.99. The van der Waals surface area contributed by atoms with E-state index >= 15 is 0 Å². The fourth-order valence-electron chi connectivity index (χ4n) is 2.15. The average molecular weight is 301 g/mol. The standard InChI is InChI=1S/C17H13ClO3/c1-2-20-12-8-6-11(7-9-12)17(19)16-10-13-14(18)4-3-5-15(13)21-16/h3-10H,2H2,1H3. The molecule has 0 amide bonds. The second-order valence-corrected chi connectivity index (χ2v) is 4.96. The van der Waals surface area contributed by atoms with Gasteiger partial charge in [0, 0.05) is 10.9 Å². The monoisotopic (exact) mass is 300 g/mol. The van der Waals surface area contributed by atoms with Crippen molar-refractivity contribution < 1.29 is 13.9 Å². The maximum atomic E-state index is 12.4. The minimum absolute atomic E-state index is 0.176. The number of fused-ring (bicyclic) bond motifs is 1. The van der Waals surface area contributed by atoms with Crippen molar-refractivity contribution in [2.24, 2.45) is 0 Å². The summed E-state index contributed by atoms with van der Waals surface area (Å²) >= 11 is 6.09. The third-order valence-electron chi connectivity index (χ3n) is 3.16. The first kappa shape index (κ1) is 13.7. The highest BCUT2D eigenvalue weighted by Gasteiger charge is 2.15. The van der Waals surface area contributed by atoms with Crippen LogP contribution in [-0.4, -0.2) is 12.4 Å². The Labute approximate surface area is 127 Å². The first-order chi connectivity index (χ1) is 10.2. The summed E-state index contributed by atoms with van der Waals surface area (Å²) in [5.74, 6) is 0.842. The Bertz CT molecular complexity index is 787. The summed E-state index contributed by atoms with van der Waals surface area (Å²) in [6.45, 7) is 2.51. The van der Waals surface area contributed by atoms with Crippen LogP contribution in [0.3, 0.4) is 0 Å². The van der Waals surface area contributed by atoms with Gasteiger partial charge in [0.15, 0.2) is 5.76 Å². The Balaban J connectivity index is 1.94. The summed E-state index contributed by atoms with van der Waals surface area (Å²) in [7, 11) is 0. The van der Waals surface area contributed by atoms with Crippen molar-refractivity contribution in [2.45, 2.75) is 6.92 Å². The van der Waals surface area contributed by atoms with Gasteiger partial charge in [-0.05, 0) is 49.4 Å². The Kier molecular flexibility index (Phi) is 3.67. The number of ketones is 1. The van der Waals surface area contributed by atoms with Crippen molar-refractivity contribution in [3.05, 3.63) is 64.9 Å². The average Bonchev–Trinajstić information content (AvgIpc) is 2.93. The van der Waals surface area contributed by atoms with Gasteiger partial charge in [0.25, 0.3) is 0 Å². The highest BCUT2D eigenvalue weighted by Crippen LogP contribution is 2.28. The van der Waals surface area contributed by atoms with Crippen LogP contribution in [0.1, 0.15) is 23.0 Å². The van der Waals surface area contributed by atoms with Gasteiger partial charge >= 0.3 is 0 Å². The molecule has 0 N–H and O–H groups in total. The number of ether oxygens (including phenoxy) is 1. The molecule has 0 spiro atoms. The van der Waals surface area contributed by atoms with Crippen LogP contribution in [0.2, 0.25) is 5.02 Å². The first-order valence-electron chi connectivity index (χ1n) is 6.64. The molecule has 4 heteroatoms. The lowest BCUT2D eigenvalue weighted by atomic mass is 10.1. The van der Waals surface area contributed by atoms with Gasteiger partial charge in [-0.25, -0.2) is 0 Å². The zero-order chi connectivity index (χ0) is 14.8. The summed E-state index contributed by atoms with van der Waals surface area (Å²) in [6, 6.07) is 14.0. The van der Waals surface area contributed by atoms with E-state index in [4.69, 9.17) is 20.8 Å². The molecule has 0 bridgehead atoms. The molecule has 3 nitrogen and oxygen atoms in total. The van der Waals surface area contributed by atoms with Crippen LogP contribution in [0, 0.1) is 0 Å². The van der Waals surface area contributed by atoms with E-state index in [2.05, 4.69) is 0 Å². The largest absolute Gasteiger partial charge is 0.494 e. The summed E-state index contributed by atoms with van der Waals surface area (Å²) in [5.41, 5.74) is 1.16. The smallest absolute Gasteiger partial charge is 0.228 e. The predicted octanol–water partition coefficient (Wildman–Crippen LogP) is 4.72. The first-order valence-corrected chi connectivity index (χ1v) is 7.02. The van der Waals surface area contributed by atoms with E-state index in [9.17, 15) is 4.79 Å². The molecule has 1 heterocycles. The van der Waals surface area contributed by atoms with Gasteiger partial charge in [-0.15, -0.1) is 0 Å². The Morgan fingerprint density at radius 3 is 2.62 bits per heavy atom. The quantitative estimate of drug-likeness (QED) is 0.655. The molecule has 0 fully saturated rings. The van der Waals surface area contributed by atoms with Crippen LogP contribution in [0.15, 0.2) is 52.9 Å². The van der Waals surface area contributed by atoms with Crippen LogP contribution >= 0.6 is 11.6 Å².